The Morgan fingerprint density at radius 2 is 2.33 bits per heavy atom. The fourth-order valence-corrected chi connectivity index (χ4v) is 2.36. The molecule has 0 radical (unpaired) electrons. The molecule has 1 fully saturated rings. The molecule has 9 nitrogen and oxygen atoms in total. The van der Waals surface area contributed by atoms with E-state index in [0.717, 1.165) is 0 Å². The lowest BCUT2D eigenvalue weighted by Gasteiger charge is -2.15. The summed E-state index contributed by atoms with van der Waals surface area (Å²) >= 11 is 0. The van der Waals surface area contributed by atoms with Gasteiger partial charge in [0.15, 0.2) is 5.82 Å². The van der Waals surface area contributed by atoms with Crippen molar-refractivity contribution in [3.05, 3.63) is 34.9 Å². The van der Waals surface area contributed by atoms with Crippen molar-refractivity contribution in [2.24, 2.45) is 0 Å². The van der Waals surface area contributed by atoms with Crippen molar-refractivity contribution in [1.82, 2.24) is 24.3 Å². The van der Waals surface area contributed by atoms with Crippen molar-refractivity contribution in [2.45, 2.75) is 31.8 Å². The van der Waals surface area contributed by atoms with E-state index in [4.69, 9.17) is 9.84 Å². The zero-order chi connectivity index (χ0) is 15.0. The monoisotopic (exact) mass is 293 g/mol. The number of aliphatic hydroxyl groups is 2. The van der Waals surface area contributed by atoms with E-state index < -0.39 is 24.1 Å². The maximum atomic E-state index is 12.1. The Balaban J connectivity index is 1.95. The summed E-state index contributed by atoms with van der Waals surface area (Å²) in [7, 11) is 0. The molecule has 3 atom stereocenters. The zero-order valence-electron chi connectivity index (χ0n) is 11.3. The van der Waals surface area contributed by atoms with Gasteiger partial charge in [0.05, 0.1) is 12.7 Å². The molecule has 9 heteroatoms. The van der Waals surface area contributed by atoms with Gasteiger partial charge in [-0.25, -0.2) is 14.5 Å². The maximum absolute atomic E-state index is 12.1. The van der Waals surface area contributed by atoms with E-state index in [-0.39, 0.29) is 13.0 Å². The van der Waals surface area contributed by atoms with Gasteiger partial charge in [-0.3, -0.25) is 4.57 Å². The summed E-state index contributed by atoms with van der Waals surface area (Å²) in [5.41, 5.74) is 0.201. The van der Waals surface area contributed by atoms with Crippen LogP contribution in [0.15, 0.2) is 23.6 Å². The molecule has 0 aliphatic carbocycles. The highest BCUT2D eigenvalue weighted by Crippen LogP contribution is 2.27. The Morgan fingerprint density at radius 1 is 1.52 bits per heavy atom. The van der Waals surface area contributed by atoms with Gasteiger partial charge >= 0.3 is 5.69 Å². The van der Waals surface area contributed by atoms with Gasteiger partial charge in [-0.1, -0.05) is 0 Å². The molecule has 1 aliphatic heterocycles. The number of hydrogen-bond acceptors (Lipinski definition) is 7. The van der Waals surface area contributed by atoms with Crippen LogP contribution in [0.4, 0.5) is 0 Å². The van der Waals surface area contributed by atoms with Crippen LogP contribution >= 0.6 is 0 Å². The molecule has 0 unspecified atom stereocenters. The molecule has 112 valence electrons. The fraction of sp³-hybridized carbons (Fsp3) is 0.500. The number of aromatic nitrogens is 5. The Morgan fingerprint density at radius 3 is 2.95 bits per heavy atom. The molecule has 1 saturated heterocycles. The van der Waals surface area contributed by atoms with Crippen LogP contribution in [-0.2, 0) is 4.74 Å². The first-order valence-electron chi connectivity index (χ1n) is 6.49. The second-order valence-electron chi connectivity index (χ2n) is 4.89. The van der Waals surface area contributed by atoms with Crippen LogP contribution in [0.3, 0.4) is 0 Å². The van der Waals surface area contributed by atoms with E-state index >= 15 is 0 Å². The minimum absolute atomic E-state index is 0.231. The molecule has 3 heterocycles. The van der Waals surface area contributed by atoms with Gasteiger partial charge in [0.1, 0.15) is 25.0 Å². The standard InChI is InChI=1S/C12H15N5O4/c1-7-3-16(10-2-8(19)9(4-18)21-10)12(20)15-11(7)17-6-13-5-14-17/h3,5-6,8-10,18-19H,2,4H2,1H3/t8-,9-,10-/m1/s1. The SMILES string of the molecule is Cc1cn([C@H]2C[C@@H](O)[C@@H](CO)O2)c(=O)nc1-n1cncn1. The first kappa shape index (κ1) is 13.9. The number of nitrogens with zero attached hydrogens (tertiary/aromatic N) is 5. The summed E-state index contributed by atoms with van der Waals surface area (Å²) in [6.45, 7) is 1.49. The average Bonchev–Trinajstić information content (AvgIpc) is 3.10. The summed E-state index contributed by atoms with van der Waals surface area (Å²) in [4.78, 5) is 19.9. The highest BCUT2D eigenvalue weighted by molar-refractivity contribution is 5.28. The average molecular weight is 293 g/mol. The molecule has 2 aromatic heterocycles. The zero-order valence-corrected chi connectivity index (χ0v) is 11.3. The molecule has 3 rings (SSSR count). The number of aryl methyl sites for hydroxylation is 1. The summed E-state index contributed by atoms with van der Waals surface area (Å²) in [5, 5.41) is 22.8. The van der Waals surface area contributed by atoms with Gasteiger partial charge in [0, 0.05) is 18.2 Å². The van der Waals surface area contributed by atoms with E-state index in [9.17, 15) is 9.90 Å². The number of hydrogen-bond donors (Lipinski definition) is 2. The molecule has 2 aromatic rings. The predicted molar refractivity (Wildman–Crippen MR) is 69.8 cm³/mol. The van der Waals surface area contributed by atoms with Crippen LogP contribution in [0.5, 0.6) is 0 Å². The lowest BCUT2D eigenvalue weighted by Crippen LogP contribution is -2.29. The van der Waals surface area contributed by atoms with Gasteiger partial charge in [0.2, 0.25) is 0 Å². The first-order chi connectivity index (χ1) is 10.1. The van der Waals surface area contributed by atoms with E-state index in [1.54, 1.807) is 13.1 Å². The smallest absolute Gasteiger partial charge is 0.351 e. The van der Waals surface area contributed by atoms with Crippen LogP contribution < -0.4 is 5.69 Å². The van der Waals surface area contributed by atoms with Crippen molar-refractivity contribution in [1.29, 1.82) is 0 Å². The van der Waals surface area contributed by atoms with Crippen molar-refractivity contribution in [2.75, 3.05) is 6.61 Å². The molecule has 0 aromatic carbocycles. The van der Waals surface area contributed by atoms with Crippen LogP contribution in [0.25, 0.3) is 5.82 Å². The van der Waals surface area contributed by atoms with E-state index in [1.165, 1.54) is 21.9 Å². The summed E-state index contributed by atoms with van der Waals surface area (Å²) < 4.78 is 8.18. The largest absolute Gasteiger partial charge is 0.394 e. The lowest BCUT2D eigenvalue weighted by molar-refractivity contribution is -0.0459. The van der Waals surface area contributed by atoms with Gasteiger partial charge in [-0.05, 0) is 6.92 Å². The maximum Gasteiger partial charge on any atom is 0.351 e. The van der Waals surface area contributed by atoms with Crippen LogP contribution in [0.2, 0.25) is 0 Å². The minimum Gasteiger partial charge on any atom is -0.394 e. The lowest BCUT2D eigenvalue weighted by atomic mass is 10.2. The summed E-state index contributed by atoms with van der Waals surface area (Å²) in [6, 6.07) is 0. The van der Waals surface area contributed by atoms with Crippen molar-refractivity contribution < 1.29 is 14.9 Å². The second kappa shape index (κ2) is 5.35. The first-order valence-corrected chi connectivity index (χ1v) is 6.49. The number of ether oxygens (including phenoxy) is 1. The molecule has 21 heavy (non-hydrogen) atoms. The predicted octanol–water partition coefficient (Wildman–Crippen LogP) is -1.23. The van der Waals surface area contributed by atoms with Crippen LogP contribution in [-0.4, -0.2) is 53.3 Å². The third kappa shape index (κ3) is 2.46. The Hall–Kier alpha value is -2.10. The molecular formula is C12H15N5O4. The molecule has 0 bridgehead atoms. The molecule has 0 spiro atoms. The van der Waals surface area contributed by atoms with E-state index in [0.29, 0.717) is 11.4 Å². The van der Waals surface area contributed by atoms with Crippen molar-refractivity contribution in [3.63, 3.8) is 0 Å². The third-order valence-corrected chi connectivity index (χ3v) is 3.44. The fourth-order valence-electron chi connectivity index (χ4n) is 2.36. The highest BCUT2D eigenvalue weighted by Gasteiger charge is 2.35. The van der Waals surface area contributed by atoms with E-state index in [1.807, 2.05) is 0 Å². The molecular weight excluding hydrogens is 278 g/mol. The number of aliphatic hydroxyl groups excluding tert-OH is 2. The quantitative estimate of drug-likeness (QED) is 0.728. The third-order valence-electron chi connectivity index (χ3n) is 3.44. The molecule has 0 amide bonds. The Bertz CT molecular complexity index is 683. The number of rotatable bonds is 3. The van der Waals surface area contributed by atoms with Crippen molar-refractivity contribution >= 4 is 0 Å². The molecule has 2 N–H and O–H groups in total. The highest BCUT2D eigenvalue weighted by atomic mass is 16.5. The van der Waals surface area contributed by atoms with Gasteiger partial charge < -0.3 is 14.9 Å². The summed E-state index contributed by atoms with van der Waals surface area (Å²) in [6.07, 6.45) is 2.52. The molecule has 1 aliphatic rings. The second-order valence-corrected chi connectivity index (χ2v) is 4.89. The van der Waals surface area contributed by atoms with Gasteiger partial charge in [-0.2, -0.15) is 10.1 Å². The summed E-state index contributed by atoms with van der Waals surface area (Å²) in [5.74, 6) is 0.394. The van der Waals surface area contributed by atoms with Crippen molar-refractivity contribution in [3.8, 4) is 5.82 Å². The molecule has 0 saturated carbocycles. The Labute approximate surface area is 119 Å². The topological polar surface area (TPSA) is 115 Å². The van der Waals surface area contributed by atoms with Crippen LogP contribution in [0.1, 0.15) is 18.2 Å². The minimum atomic E-state index is -0.804. The van der Waals surface area contributed by atoms with E-state index in [2.05, 4.69) is 15.1 Å². The van der Waals surface area contributed by atoms with Crippen LogP contribution in [0, 0.1) is 6.92 Å². The van der Waals surface area contributed by atoms with Gasteiger partial charge in [0.25, 0.3) is 0 Å². The Kier molecular flexibility index (Phi) is 3.53. The van der Waals surface area contributed by atoms with Gasteiger partial charge in [-0.15, -0.1) is 0 Å². The normalized spacial score (nSPS) is 25.4.